The van der Waals surface area contributed by atoms with E-state index in [0.29, 0.717) is 137 Å². The van der Waals surface area contributed by atoms with Gasteiger partial charge in [-0.1, -0.05) is 31.8 Å². The molecule has 0 spiro atoms. The minimum atomic E-state index is -1.14. The molecule has 1 amide bonds. The monoisotopic (exact) mass is 1200 g/mol. The van der Waals surface area contributed by atoms with Gasteiger partial charge >= 0.3 is 6.09 Å². The smallest absolute Gasteiger partial charge is 0.410 e. The molecule has 27 heteroatoms. The Morgan fingerprint density at radius 1 is 0.817 bits per heavy atom. The van der Waals surface area contributed by atoms with Crippen LogP contribution in [-0.4, -0.2) is 178 Å². The molecule has 0 aliphatic carbocycles. The van der Waals surface area contributed by atoms with Crippen molar-refractivity contribution < 1.29 is 23.7 Å². The van der Waals surface area contributed by atoms with Crippen LogP contribution in [0.3, 0.4) is 0 Å². The van der Waals surface area contributed by atoms with E-state index < -0.39 is 13.0 Å². The molecular weight excluding hydrogens is 1120 g/mol. The lowest BCUT2D eigenvalue weighted by atomic mass is 10.1. The molecule has 4 fully saturated rings. The number of H-pyrrole nitrogens is 1. The zero-order valence-electron chi connectivity index (χ0n) is 48.6. The summed E-state index contributed by atoms with van der Waals surface area (Å²) in [4.78, 5) is 59.8. The number of carbonyl (C=O) groups excluding carboxylic acids is 1. The van der Waals surface area contributed by atoms with Crippen LogP contribution >= 0.6 is 33.8 Å². The number of thiazole rings is 2. The number of rotatable bonds is 15. The average molecular weight is 1210 g/mol. The number of nitrogens with two attached hydrogens (primary N) is 2. The molecule has 4 aromatic heterocycles. The number of nitrogens with zero attached hydrogens (tertiary/aromatic N) is 9. The van der Waals surface area contributed by atoms with Crippen LogP contribution in [-0.2, 0) is 14.2 Å². The van der Waals surface area contributed by atoms with Crippen LogP contribution in [0.2, 0.25) is 19.6 Å². The van der Waals surface area contributed by atoms with Crippen molar-refractivity contribution in [3.05, 3.63) is 46.8 Å². The lowest BCUT2D eigenvalue weighted by Crippen LogP contribution is -2.47. The highest BCUT2D eigenvalue weighted by Crippen LogP contribution is 2.42. The number of para-hydroxylation sites is 2. The Morgan fingerprint density at radius 3 is 1.89 bits per heavy atom. The number of nitrogens with one attached hydrogen (secondary N) is 6. The van der Waals surface area contributed by atoms with E-state index in [1.165, 1.54) is 18.3 Å². The summed E-state index contributed by atoms with van der Waals surface area (Å²) in [6.07, 6.45) is 3.54. The molecule has 4 aliphatic heterocycles. The van der Waals surface area contributed by atoms with E-state index in [2.05, 4.69) is 61.0 Å². The maximum absolute atomic E-state index is 13.4. The summed E-state index contributed by atoms with van der Waals surface area (Å²) in [7, 11) is 0.477. The Bertz CT molecular complexity index is 3110. The number of ether oxygens (including phenoxy) is 4. The minimum absolute atomic E-state index is 0.0386. The zero-order valence-corrected chi connectivity index (χ0v) is 52.0. The number of aromatic nitrogens is 6. The third-order valence-electron chi connectivity index (χ3n) is 12.8. The predicted molar refractivity (Wildman–Crippen MR) is 336 cm³/mol. The van der Waals surface area contributed by atoms with Gasteiger partial charge in [-0.2, -0.15) is 31.3 Å². The second-order valence-corrected chi connectivity index (χ2v) is 31.3. The summed E-state index contributed by atoms with van der Waals surface area (Å²) in [5, 5.41) is 26.0. The normalized spacial score (nSPS) is 17.5. The number of halogens is 1. The number of benzene rings is 2. The maximum atomic E-state index is 13.4. The van der Waals surface area contributed by atoms with Crippen molar-refractivity contribution in [2.24, 2.45) is 11.5 Å². The summed E-state index contributed by atoms with van der Waals surface area (Å²) in [6, 6.07) is 14.0. The van der Waals surface area contributed by atoms with E-state index in [4.69, 9.17) is 71.7 Å². The van der Waals surface area contributed by atoms with Crippen molar-refractivity contribution in [3.8, 4) is 33.1 Å². The predicted octanol–water partition coefficient (Wildman–Crippen LogP) is 7.79. The first-order valence-corrected chi connectivity index (χ1v) is 34.2. The van der Waals surface area contributed by atoms with Gasteiger partial charge in [0.1, 0.15) is 56.8 Å². The van der Waals surface area contributed by atoms with Gasteiger partial charge in [-0.15, -0.1) is 22.7 Å². The molecule has 2 aromatic carbocycles. The van der Waals surface area contributed by atoms with Crippen LogP contribution in [0.5, 0.6) is 5.88 Å². The fourth-order valence-corrected chi connectivity index (χ4v) is 11.3. The molecule has 6 aromatic rings. The number of fused-ring (bicyclic) bond motifs is 2. The van der Waals surface area contributed by atoms with Crippen LogP contribution < -0.4 is 58.1 Å². The molecule has 10 N–H and O–H groups in total. The van der Waals surface area contributed by atoms with Gasteiger partial charge in [-0.3, -0.25) is 9.78 Å². The number of amides is 1. The number of piperidine rings is 2. The van der Waals surface area contributed by atoms with Gasteiger partial charge in [0.2, 0.25) is 17.8 Å². The lowest BCUT2D eigenvalue weighted by molar-refractivity contribution is 0.0206. The zero-order chi connectivity index (χ0) is 58.8. The van der Waals surface area contributed by atoms with E-state index in [-0.39, 0.29) is 23.7 Å². The molecule has 446 valence electrons. The number of hydrogen-bond donors (Lipinski definition) is 8. The number of hydrogen-bond acceptors (Lipinski definition) is 23. The van der Waals surface area contributed by atoms with E-state index in [1.54, 1.807) is 29.4 Å². The Hall–Kier alpha value is -6.15. The van der Waals surface area contributed by atoms with E-state index >= 15 is 0 Å². The molecule has 10 rings (SSSR count). The number of aromatic amines is 1. The highest BCUT2D eigenvalue weighted by molar-refractivity contribution is 7.22. The van der Waals surface area contributed by atoms with Gasteiger partial charge in [0.15, 0.2) is 0 Å². The number of morpholine rings is 2. The Kier molecular flexibility index (Phi) is 23.5. The summed E-state index contributed by atoms with van der Waals surface area (Å²) in [6.45, 7) is 24.0. The summed E-state index contributed by atoms with van der Waals surface area (Å²) >= 11 is 8.72. The first-order chi connectivity index (χ1) is 39.4. The fourth-order valence-electron chi connectivity index (χ4n) is 9.23. The SMILES string of the molecule is CC#N.COc1nc(N2CCOCC2)nc(N[C@@H]2CCCN(C(=O)OC(C)(C)C)C2)c1-c1nc2c(NCCN)cccc2s1.C[Si](C)(C)Cl.NCCNc1cccc2sc(-c3c(N[C@@H]4CCCNC4)nc(N4CCOCC4)[nH]c3=O)nc12. The molecular formula is C55H82ClN17O6S2Si. The van der Waals surface area contributed by atoms with E-state index in [9.17, 15) is 9.59 Å². The van der Waals surface area contributed by atoms with Crippen molar-refractivity contribution in [2.75, 3.05) is 143 Å². The number of methoxy groups -OCH3 is 1. The number of carbonyl (C=O) groups is 1. The first kappa shape index (κ1) is 63.4. The molecule has 82 heavy (non-hydrogen) atoms. The number of nitriles is 1. The van der Waals surface area contributed by atoms with Gasteiger partial charge in [-0.25, -0.2) is 14.8 Å². The second-order valence-electron chi connectivity index (χ2n) is 21.7. The van der Waals surface area contributed by atoms with Crippen LogP contribution in [0, 0.1) is 11.3 Å². The molecule has 23 nitrogen and oxygen atoms in total. The molecule has 0 unspecified atom stereocenters. The van der Waals surface area contributed by atoms with Crippen LogP contribution in [0.4, 0.5) is 39.7 Å². The van der Waals surface area contributed by atoms with Crippen molar-refractivity contribution in [1.82, 2.24) is 40.1 Å². The second kappa shape index (κ2) is 30.4. The van der Waals surface area contributed by atoms with Crippen LogP contribution in [0.1, 0.15) is 53.4 Å². The molecule has 0 bridgehead atoms. The summed E-state index contributed by atoms with van der Waals surface area (Å²) in [5.74, 6) is 2.81. The van der Waals surface area contributed by atoms with Crippen molar-refractivity contribution in [3.63, 3.8) is 0 Å². The van der Waals surface area contributed by atoms with Gasteiger partial charge in [0.05, 0.1) is 60.4 Å². The minimum Gasteiger partial charge on any atom is -0.480 e. The first-order valence-electron chi connectivity index (χ1n) is 28.0. The van der Waals surface area contributed by atoms with Crippen molar-refractivity contribution >= 4 is 103 Å². The van der Waals surface area contributed by atoms with Crippen molar-refractivity contribution in [2.45, 2.75) is 90.7 Å². The molecule has 2 atom stereocenters. The van der Waals surface area contributed by atoms with Gasteiger partial charge in [-0.05, 0) is 77.3 Å². The van der Waals surface area contributed by atoms with E-state index in [0.717, 1.165) is 75.6 Å². The standard InChI is InChI=1S/C28H40N8O4S.C22H30N8O2S.C3H9ClSi.C2H3N/c1-28(2,3)40-27(37)36-12-6-7-18(17-36)31-23-21(24(38-4)34-26(33-23)35-13-15-39-16-14-35)25-32-22-19(30-11-10-29)8-5-9-20(22)41-25;23-6-8-25-15-4-1-5-16-18(15)27-21(33-16)17-19(26-14-3-2-7-24-13-14)28-22(29-20(17)31)30-9-11-32-12-10-30;1-5(2,3)4;1-2-3/h5,8-9,18,30H,6-7,10-17,29H2,1-4H3,(H,31,33,34);1,4-5,14,24-25H,2-3,6-13,23H2,(H2,26,28,29,31);1-3H3;1H3/t18-;14-;;/m11../s1. The Labute approximate surface area is 494 Å². The highest BCUT2D eigenvalue weighted by atomic mass is 35.6. The fraction of sp³-hybridized carbons (Fsp3) is 0.564. The summed E-state index contributed by atoms with van der Waals surface area (Å²) < 4.78 is 24.6. The highest BCUT2D eigenvalue weighted by Gasteiger charge is 2.31. The Morgan fingerprint density at radius 2 is 1.35 bits per heavy atom. The third-order valence-corrected chi connectivity index (χ3v) is 14.9. The lowest BCUT2D eigenvalue weighted by Gasteiger charge is -2.35. The number of anilines is 6. The topological polar surface area (TPSA) is 297 Å². The van der Waals surface area contributed by atoms with Gasteiger partial charge in [0.25, 0.3) is 5.56 Å². The average Bonchev–Trinajstić information content (AvgIpc) is 3.42. The molecule has 0 radical (unpaired) electrons. The van der Waals surface area contributed by atoms with Crippen LogP contribution in [0.15, 0.2) is 41.2 Å². The van der Waals surface area contributed by atoms with Gasteiger partial charge < -0.3 is 71.7 Å². The quantitative estimate of drug-likeness (QED) is 0.0359. The maximum Gasteiger partial charge on any atom is 0.410 e. The molecule has 4 saturated heterocycles. The third kappa shape index (κ3) is 18.2. The van der Waals surface area contributed by atoms with Gasteiger partial charge in [0, 0.05) is 91.0 Å². The van der Waals surface area contributed by atoms with Crippen molar-refractivity contribution in [1.29, 1.82) is 5.26 Å². The molecule has 8 heterocycles. The summed E-state index contributed by atoms with van der Waals surface area (Å²) in [5.41, 5.74) is 15.4. The molecule has 0 saturated carbocycles. The van der Waals surface area contributed by atoms with Crippen LogP contribution in [0.25, 0.3) is 41.6 Å². The Balaban J connectivity index is 0.000000212. The molecule has 4 aliphatic rings. The van der Waals surface area contributed by atoms with E-state index in [1.807, 2.05) is 57.2 Å². The number of likely N-dealkylation sites (tertiary alicyclic amines) is 1. The largest absolute Gasteiger partial charge is 0.480 e.